The zero-order valence-corrected chi connectivity index (χ0v) is 11.3. The molecule has 0 unspecified atom stereocenters. The first-order valence-corrected chi connectivity index (χ1v) is 6.19. The summed E-state index contributed by atoms with van der Waals surface area (Å²) in [5.41, 5.74) is 10.9. The number of aryl methyl sites for hydroxylation is 1. The van der Waals surface area contributed by atoms with E-state index in [4.69, 9.17) is 10.7 Å². The molecule has 4 nitrogen and oxygen atoms in total. The molecule has 0 amide bonds. The van der Waals surface area contributed by atoms with Crippen LogP contribution in [0.1, 0.15) is 5.69 Å². The highest BCUT2D eigenvalue weighted by molar-refractivity contribution is 6.06. The number of anilines is 2. The van der Waals surface area contributed by atoms with Crippen LogP contribution < -0.4 is 10.6 Å². The van der Waals surface area contributed by atoms with Gasteiger partial charge in [-0.2, -0.15) is 0 Å². The van der Waals surface area contributed by atoms with Crippen LogP contribution in [0.3, 0.4) is 0 Å². The van der Waals surface area contributed by atoms with Crippen molar-refractivity contribution in [3.8, 4) is 0 Å². The van der Waals surface area contributed by atoms with Crippen molar-refractivity contribution in [2.45, 2.75) is 6.92 Å². The van der Waals surface area contributed by atoms with Crippen LogP contribution in [-0.4, -0.2) is 24.1 Å². The van der Waals surface area contributed by atoms with Gasteiger partial charge >= 0.3 is 0 Å². The van der Waals surface area contributed by atoms with E-state index < -0.39 is 0 Å². The molecule has 3 aromatic rings. The quantitative estimate of drug-likeness (QED) is 0.677. The van der Waals surface area contributed by atoms with E-state index in [1.165, 1.54) is 0 Å². The van der Waals surface area contributed by atoms with E-state index in [9.17, 15) is 0 Å². The number of pyridine rings is 2. The van der Waals surface area contributed by atoms with Gasteiger partial charge in [-0.25, -0.2) is 4.98 Å². The number of nitrogens with two attached hydrogens (primary N) is 1. The Morgan fingerprint density at radius 1 is 1.05 bits per heavy atom. The average Bonchev–Trinajstić information content (AvgIpc) is 2.37. The number of nitrogens with zero attached hydrogens (tertiary/aromatic N) is 3. The second-order valence-electron chi connectivity index (χ2n) is 4.96. The van der Waals surface area contributed by atoms with Crippen LogP contribution in [0.5, 0.6) is 0 Å². The Kier molecular flexibility index (Phi) is 2.52. The lowest BCUT2D eigenvalue weighted by Crippen LogP contribution is -2.08. The molecular formula is C15H16N4. The van der Waals surface area contributed by atoms with E-state index in [0.29, 0.717) is 0 Å². The smallest absolute Gasteiger partial charge is 0.0764 e. The summed E-state index contributed by atoms with van der Waals surface area (Å²) in [5.74, 6) is 0. The van der Waals surface area contributed by atoms with Gasteiger partial charge in [0.15, 0.2) is 0 Å². The van der Waals surface area contributed by atoms with Crippen molar-refractivity contribution < 1.29 is 0 Å². The number of hydrogen-bond donors (Lipinski definition) is 1. The maximum absolute atomic E-state index is 6.24. The minimum absolute atomic E-state index is 0.748. The summed E-state index contributed by atoms with van der Waals surface area (Å²) in [6, 6.07) is 8.09. The molecule has 2 N–H and O–H groups in total. The number of benzene rings is 1. The molecule has 0 aliphatic carbocycles. The van der Waals surface area contributed by atoms with Gasteiger partial charge in [0.1, 0.15) is 0 Å². The molecular weight excluding hydrogens is 236 g/mol. The molecule has 0 bridgehead atoms. The molecule has 0 aliphatic heterocycles. The summed E-state index contributed by atoms with van der Waals surface area (Å²) < 4.78 is 0. The SMILES string of the molecule is Cc1cc2nc3cc(N(C)C)ccc3c(N)c2cn1. The van der Waals surface area contributed by atoms with Crippen molar-refractivity contribution in [1.29, 1.82) is 0 Å². The Balaban J connectivity index is 2.39. The molecule has 0 fully saturated rings. The molecule has 3 rings (SSSR count). The lowest BCUT2D eigenvalue weighted by molar-refractivity contribution is 1.13. The maximum Gasteiger partial charge on any atom is 0.0764 e. The van der Waals surface area contributed by atoms with E-state index in [1.54, 1.807) is 6.20 Å². The van der Waals surface area contributed by atoms with Gasteiger partial charge in [0.05, 0.1) is 16.7 Å². The van der Waals surface area contributed by atoms with Crippen molar-refractivity contribution in [2.75, 3.05) is 24.7 Å². The number of aromatic nitrogens is 2. The third-order valence-corrected chi connectivity index (χ3v) is 3.34. The first-order chi connectivity index (χ1) is 9.06. The van der Waals surface area contributed by atoms with E-state index in [1.807, 2.05) is 39.2 Å². The average molecular weight is 252 g/mol. The van der Waals surface area contributed by atoms with Gasteiger partial charge in [-0.3, -0.25) is 4.98 Å². The monoisotopic (exact) mass is 252 g/mol. The Bertz CT molecular complexity index is 778. The molecule has 4 heteroatoms. The van der Waals surface area contributed by atoms with Crippen LogP contribution in [0.15, 0.2) is 30.5 Å². The summed E-state index contributed by atoms with van der Waals surface area (Å²) in [6.07, 6.45) is 1.80. The number of rotatable bonds is 1. The molecule has 0 radical (unpaired) electrons. The standard InChI is InChI=1S/C15H16N4/c1-9-6-13-12(8-17-9)15(16)11-5-4-10(19(2)3)7-14(11)18-13/h4-8H,1-3H3,(H2,16,18). The minimum atomic E-state index is 0.748. The van der Waals surface area contributed by atoms with Gasteiger partial charge in [0, 0.05) is 42.4 Å². The fraction of sp³-hybridized carbons (Fsp3) is 0.200. The third kappa shape index (κ3) is 1.85. The number of nitrogen functional groups attached to an aromatic ring is 1. The Morgan fingerprint density at radius 3 is 2.53 bits per heavy atom. The minimum Gasteiger partial charge on any atom is -0.398 e. The maximum atomic E-state index is 6.24. The molecule has 0 spiro atoms. The van der Waals surface area contributed by atoms with Gasteiger partial charge in [0.2, 0.25) is 0 Å². The highest BCUT2D eigenvalue weighted by Gasteiger charge is 2.08. The highest BCUT2D eigenvalue weighted by atomic mass is 15.1. The molecule has 19 heavy (non-hydrogen) atoms. The first kappa shape index (κ1) is 11.7. The molecule has 2 heterocycles. The van der Waals surface area contributed by atoms with Crippen molar-refractivity contribution in [3.05, 3.63) is 36.2 Å². The van der Waals surface area contributed by atoms with E-state index in [0.717, 1.165) is 38.9 Å². The van der Waals surface area contributed by atoms with E-state index in [2.05, 4.69) is 16.0 Å². The zero-order valence-electron chi connectivity index (χ0n) is 11.3. The number of hydrogen-bond acceptors (Lipinski definition) is 4. The van der Waals surface area contributed by atoms with E-state index >= 15 is 0 Å². The second kappa shape index (κ2) is 4.09. The topological polar surface area (TPSA) is 55.0 Å². The Hall–Kier alpha value is -2.36. The predicted octanol–water partition coefficient (Wildman–Crippen LogP) is 2.74. The highest BCUT2D eigenvalue weighted by Crippen LogP contribution is 2.30. The fourth-order valence-electron chi connectivity index (χ4n) is 2.24. The van der Waals surface area contributed by atoms with Crippen molar-refractivity contribution in [2.24, 2.45) is 0 Å². The normalized spacial score (nSPS) is 11.1. The van der Waals surface area contributed by atoms with Gasteiger partial charge in [0.25, 0.3) is 0 Å². The zero-order chi connectivity index (χ0) is 13.6. The van der Waals surface area contributed by atoms with Crippen molar-refractivity contribution in [3.63, 3.8) is 0 Å². The van der Waals surface area contributed by atoms with Gasteiger partial charge in [-0.05, 0) is 31.2 Å². The fourth-order valence-corrected chi connectivity index (χ4v) is 2.24. The number of fused-ring (bicyclic) bond motifs is 2. The third-order valence-electron chi connectivity index (χ3n) is 3.34. The molecule has 2 aromatic heterocycles. The van der Waals surface area contributed by atoms with Gasteiger partial charge in [-0.15, -0.1) is 0 Å². The van der Waals surface area contributed by atoms with Gasteiger partial charge < -0.3 is 10.6 Å². The second-order valence-corrected chi connectivity index (χ2v) is 4.96. The first-order valence-electron chi connectivity index (χ1n) is 6.19. The van der Waals surface area contributed by atoms with Crippen LogP contribution in [-0.2, 0) is 0 Å². The van der Waals surface area contributed by atoms with Crippen molar-refractivity contribution in [1.82, 2.24) is 9.97 Å². The molecule has 0 saturated carbocycles. The predicted molar refractivity (Wildman–Crippen MR) is 80.5 cm³/mol. The molecule has 0 aliphatic rings. The summed E-state index contributed by atoms with van der Waals surface area (Å²) >= 11 is 0. The molecule has 1 aromatic carbocycles. The molecule has 0 atom stereocenters. The summed E-state index contributed by atoms with van der Waals surface area (Å²) in [7, 11) is 4.03. The summed E-state index contributed by atoms with van der Waals surface area (Å²) in [6.45, 7) is 1.96. The van der Waals surface area contributed by atoms with Crippen LogP contribution in [0.4, 0.5) is 11.4 Å². The van der Waals surface area contributed by atoms with Crippen LogP contribution in [0.2, 0.25) is 0 Å². The summed E-state index contributed by atoms with van der Waals surface area (Å²) in [4.78, 5) is 11.0. The Labute approximate surface area is 111 Å². The largest absolute Gasteiger partial charge is 0.398 e. The van der Waals surface area contributed by atoms with Gasteiger partial charge in [-0.1, -0.05) is 0 Å². The Morgan fingerprint density at radius 2 is 1.79 bits per heavy atom. The van der Waals surface area contributed by atoms with E-state index in [-0.39, 0.29) is 0 Å². The van der Waals surface area contributed by atoms with Crippen LogP contribution in [0.25, 0.3) is 21.8 Å². The lowest BCUT2D eigenvalue weighted by atomic mass is 10.1. The molecule has 96 valence electrons. The van der Waals surface area contributed by atoms with Crippen LogP contribution in [0, 0.1) is 6.92 Å². The summed E-state index contributed by atoms with van der Waals surface area (Å²) in [5, 5.41) is 1.89. The lowest BCUT2D eigenvalue weighted by Gasteiger charge is -2.14. The molecule has 0 saturated heterocycles. The van der Waals surface area contributed by atoms with Crippen LogP contribution >= 0.6 is 0 Å². The van der Waals surface area contributed by atoms with Crippen molar-refractivity contribution >= 4 is 33.2 Å².